The molecule has 0 aliphatic carbocycles. The van der Waals surface area contributed by atoms with Crippen LogP contribution in [0.15, 0.2) is 15.3 Å². The number of aliphatic carboxylic acids is 1. The molecule has 0 spiro atoms. The highest BCUT2D eigenvalue weighted by Crippen LogP contribution is 2.40. The zero-order valence-electron chi connectivity index (χ0n) is 10.9. The van der Waals surface area contributed by atoms with Gasteiger partial charge in [-0.2, -0.15) is 0 Å². The molecular weight excluding hydrogens is 332 g/mol. The standard InChI is InChI=1S/C11H12N4O3S3/c1-4-13-14-11(21-4)20-3-5-2-19-9-6(12)8(16)15(9)7(5)10(17)18/h2,6-7,9H,3,12H2,1H3,(H,17,18)/t6-,7?,9-/m1/s1. The van der Waals surface area contributed by atoms with Gasteiger partial charge in [0.2, 0.25) is 5.91 Å². The van der Waals surface area contributed by atoms with Gasteiger partial charge in [0.05, 0.1) is 0 Å². The average Bonchev–Trinajstić information content (AvgIpc) is 2.88. The van der Waals surface area contributed by atoms with Crippen LogP contribution >= 0.6 is 34.9 Å². The fourth-order valence-corrected chi connectivity index (χ4v) is 5.30. The van der Waals surface area contributed by atoms with Crippen LogP contribution < -0.4 is 5.73 Å². The Morgan fingerprint density at radius 3 is 2.95 bits per heavy atom. The van der Waals surface area contributed by atoms with Gasteiger partial charge in [0.25, 0.3) is 0 Å². The van der Waals surface area contributed by atoms with E-state index >= 15 is 0 Å². The summed E-state index contributed by atoms with van der Waals surface area (Å²) in [6, 6.07) is -1.53. The summed E-state index contributed by atoms with van der Waals surface area (Å²) >= 11 is 4.29. The normalized spacial score (nSPS) is 27.9. The summed E-state index contributed by atoms with van der Waals surface area (Å²) in [5, 5.41) is 19.7. The number of β-lactam (4-membered cyclic amide) rings is 1. The number of rotatable bonds is 4. The lowest BCUT2D eigenvalue weighted by Crippen LogP contribution is -2.72. The molecule has 0 saturated carbocycles. The van der Waals surface area contributed by atoms with Gasteiger partial charge in [0, 0.05) is 5.75 Å². The van der Waals surface area contributed by atoms with Crippen molar-refractivity contribution in [3.05, 3.63) is 16.0 Å². The fourth-order valence-electron chi connectivity index (χ4n) is 2.21. The molecule has 1 aromatic heterocycles. The number of hydrogen-bond donors (Lipinski definition) is 2. The number of thioether (sulfide) groups is 2. The topological polar surface area (TPSA) is 109 Å². The molecule has 1 unspecified atom stereocenters. The molecule has 3 atom stereocenters. The number of nitrogens with two attached hydrogens (primary N) is 1. The van der Waals surface area contributed by atoms with E-state index in [4.69, 9.17) is 5.73 Å². The third-order valence-corrected chi connectivity index (χ3v) is 6.49. The lowest BCUT2D eigenvalue weighted by molar-refractivity contribution is -0.157. The van der Waals surface area contributed by atoms with E-state index in [2.05, 4.69) is 10.2 Å². The lowest BCUT2D eigenvalue weighted by Gasteiger charge is -2.50. The van der Waals surface area contributed by atoms with Crippen LogP contribution in [0.1, 0.15) is 5.01 Å². The Kier molecular flexibility index (Phi) is 3.95. The van der Waals surface area contributed by atoms with Crippen molar-refractivity contribution in [1.29, 1.82) is 0 Å². The van der Waals surface area contributed by atoms with E-state index in [9.17, 15) is 14.7 Å². The highest BCUT2D eigenvalue weighted by Gasteiger charge is 2.53. The SMILES string of the molecule is Cc1nnc(SCC2=CS[C@@H]3[C@H](N)C(=O)N3C2C(=O)O)s1. The fraction of sp³-hybridized carbons (Fsp3) is 0.455. The minimum Gasteiger partial charge on any atom is -0.479 e. The molecule has 1 saturated heterocycles. The number of carboxylic acids is 1. The average molecular weight is 344 g/mol. The molecule has 0 aromatic carbocycles. The molecule has 3 N–H and O–H groups in total. The van der Waals surface area contributed by atoms with Crippen molar-refractivity contribution in [2.75, 3.05) is 5.75 Å². The first kappa shape index (κ1) is 14.8. The number of carbonyl (C=O) groups is 2. The molecule has 10 heteroatoms. The number of carboxylic acid groups (broad SMARTS) is 1. The van der Waals surface area contributed by atoms with Gasteiger partial charge < -0.3 is 15.7 Å². The summed E-state index contributed by atoms with van der Waals surface area (Å²) in [4.78, 5) is 24.7. The van der Waals surface area contributed by atoms with Gasteiger partial charge >= 0.3 is 5.97 Å². The van der Waals surface area contributed by atoms with E-state index < -0.39 is 18.1 Å². The maximum Gasteiger partial charge on any atom is 0.330 e. The van der Waals surface area contributed by atoms with E-state index in [-0.39, 0.29) is 11.3 Å². The second kappa shape index (κ2) is 5.59. The van der Waals surface area contributed by atoms with Crippen molar-refractivity contribution >= 4 is 46.7 Å². The zero-order valence-corrected chi connectivity index (χ0v) is 13.4. The predicted octanol–water partition coefficient (Wildman–Crippen LogP) is 0.518. The van der Waals surface area contributed by atoms with Crippen molar-refractivity contribution in [3.8, 4) is 0 Å². The summed E-state index contributed by atoms with van der Waals surface area (Å²) in [6.45, 7) is 1.86. The number of aryl methyl sites for hydroxylation is 1. The Balaban J connectivity index is 1.75. The van der Waals surface area contributed by atoms with E-state index in [1.807, 2.05) is 12.3 Å². The van der Waals surface area contributed by atoms with Gasteiger partial charge in [-0.1, -0.05) is 23.1 Å². The van der Waals surface area contributed by atoms with Crippen molar-refractivity contribution in [2.24, 2.45) is 5.73 Å². The van der Waals surface area contributed by atoms with Crippen LogP contribution in [0.25, 0.3) is 0 Å². The van der Waals surface area contributed by atoms with E-state index in [0.29, 0.717) is 11.3 Å². The molecule has 21 heavy (non-hydrogen) atoms. The number of fused-ring (bicyclic) bond motifs is 1. The Labute approximate surface area is 133 Å². The first-order valence-electron chi connectivity index (χ1n) is 6.07. The minimum atomic E-state index is -1.03. The Hall–Kier alpha value is -1.10. The molecule has 1 fully saturated rings. The molecule has 3 heterocycles. The third kappa shape index (κ3) is 2.56. The van der Waals surface area contributed by atoms with Crippen LogP contribution in [0, 0.1) is 6.92 Å². The maximum atomic E-state index is 11.8. The number of nitrogens with zero attached hydrogens (tertiary/aromatic N) is 3. The highest BCUT2D eigenvalue weighted by molar-refractivity contribution is 8.03. The van der Waals surface area contributed by atoms with Crippen molar-refractivity contribution in [3.63, 3.8) is 0 Å². The van der Waals surface area contributed by atoms with Crippen LogP contribution in [0.5, 0.6) is 0 Å². The second-order valence-electron chi connectivity index (χ2n) is 4.61. The van der Waals surface area contributed by atoms with Crippen molar-refractivity contribution in [1.82, 2.24) is 15.1 Å². The summed E-state index contributed by atoms with van der Waals surface area (Å²) in [5.74, 6) is -0.868. The van der Waals surface area contributed by atoms with Gasteiger partial charge in [-0.25, -0.2) is 4.79 Å². The van der Waals surface area contributed by atoms with E-state index in [1.165, 1.54) is 39.8 Å². The van der Waals surface area contributed by atoms with Crippen molar-refractivity contribution < 1.29 is 14.7 Å². The molecule has 112 valence electrons. The van der Waals surface area contributed by atoms with Gasteiger partial charge in [0.15, 0.2) is 10.4 Å². The minimum absolute atomic E-state index is 0.267. The molecular formula is C11H12N4O3S3. The van der Waals surface area contributed by atoms with Crippen LogP contribution in [0.3, 0.4) is 0 Å². The second-order valence-corrected chi connectivity index (χ2v) is 8.00. The molecule has 1 amide bonds. The number of hydrogen-bond acceptors (Lipinski definition) is 8. The van der Waals surface area contributed by atoms with Crippen molar-refractivity contribution in [2.45, 2.75) is 28.7 Å². The number of amides is 1. The molecule has 0 bridgehead atoms. The van der Waals surface area contributed by atoms with Crippen LogP contribution in [-0.2, 0) is 9.59 Å². The first-order valence-corrected chi connectivity index (χ1v) is 8.81. The van der Waals surface area contributed by atoms with Gasteiger partial charge in [-0.3, -0.25) is 4.79 Å². The monoisotopic (exact) mass is 344 g/mol. The third-order valence-electron chi connectivity index (χ3n) is 3.21. The molecule has 3 rings (SSSR count). The van der Waals surface area contributed by atoms with Crippen LogP contribution in [0.2, 0.25) is 0 Å². The number of aromatic nitrogens is 2. The summed E-state index contributed by atoms with van der Waals surface area (Å²) in [5.41, 5.74) is 6.38. The van der Waals surface area contributed by atoms with Gasteiger partial charge in [0.1, 0.15) is 16.4 Å². The quantitative estimate of drug-likeness (QED) is 0.601. The van der Waals surface area contributed by atoms with Gasteiger partial charge in [-0.15, -0.1) is 22.0 Å². The lowest BCUT2D eigenvalue weighted by atomic mass is 10.00. The van der Waals surface area contributed by atoms with Gasteiger partial charge in [-0.05, 0) is 17.9 Å². The molecule has 0 radical (unpaired) electrons. The van der Waals surface area contributed by atoms with Crippen LogP contribution in [0.4, 0.5) is 0 Å². The molecule has 1 aromatic rings. The summed E-state index contributed by atoms with van der Waals surface area (Å²) < 4.78 is 0.788. The smallest absolute Gasteiger partial charge is 0.330 e. The molecule has 7 nitrogen and oxygen atoms in total. The van der Waals surface area contributed by atoms with E-state index in [1.54, 1.807) is 0 Å². The Morgan fingerprint density at radius 2 is 2.33 bits per heavy atom. The molecule has 2 aliphatic heterocycles. The zero-order chi connectivity index (χ0) is 15.1. The Morgan fingerprint density at radius 1 is 1.57 bits per heavy atom. The van der Waals surface area contributed by atoms with Crippen LogP contribution in [-0.4, -0.2) is 55.3 Å². The van der Waals surface area contributed by atoms with E-state index in [0.717, 1.165) is 9.35 Å². The predicted molar refractivity (Wildman–Crippen MR) is 81.1 cm³/mol. The largest absolute Gasteiger partial charge is 0.479 e. The first-order chi connectivity index (χ1) is 9.99. The summed E-state index contributed by atoms with van der Waals surface area (Å²) in [6.07, 6.45) is 0. The highest BCUT2D eigenvalue weighted by atomic mass is 32.2. The number of carbonyl (C=O) groups excluding carboxylic acids is 1. The maximum absolute atomic E-state index is 11.8. The summed E-state index contributed by atoms with van der Waals surface area (Å²) in [7, 11) is 0. The molecule has 2 aliphatic rings. The Bertz CT molecular complexity index is 632.